The number of hydrogen-bond donors (Lipinski definition) is 1. The number of rotatable bonds is 4. The van der Waals surface area contributed by atoms with Crippen LogP contribution in [0.3, 0.4) is 0 Å². The van der Waals surface area contributed by atoms with Crippen molar-refractivity contribution in [1.29, 1.82) is 0 Å². The molecule has 0 saturated carbocycles. The summed E-state index contributed by atoms with van der Waals surface area (Å²) in [5.74, 6) is 1.93. The number of nitrogen functional groups attached to an aromatic ring is 1. The molecule has 0 radical (unpaired) electrons. The van der Waals surface area contributed by atoms with Crippen LogP contribution >= 0.6 is 15.9 Å². The van der Waals surface area contributed by atoms with E-state index in [1.807, 2.05) is 16.7 Å². The minimum atomic E-state index is 0.259. The van der Waals surface area contributed by atoms with Gasteiger partial charge in [-0.2, -0.15) is 0 Å². The lowest BCUT2D eigenvalue weighted by atomic mass is 10.1. The Labute approximate surface area is 126 Å². The zero-order chi connectivity index (χ0) is 14.9. The van der Waals surface area contributed by atoms with Crippen LogP contribution in [-0.2, 0) is 0 Å². The van der Waals surface area contributed by atoms with Gasteiger partial charge in [0, 0.05) is 16.1 Å². The molecule has 0 spiro atoms. The summed E-state index contributed by atoms with van der Waals surface area (Å²) < 4.78 is 13.4. The number of benzene rings is 1. The third kappa shape index (κ3) is 2.47. The molecule has 1 aromatic heterocycles. The first-order valence-corrected chi connectivity index (χ1v) is 7.03. The number of imidazole rings is 1. The maximum atomic E-state index is 6.17. The molecule has 0 saturated heterocycles. The van der Waals surface area contributed by atoms with Gasteiger partial charge < -0.3 is 19.8 Å². The van der Waals surface area contributed by atoms with E-state index in [1.54, 1.807) is 20.5 Å². The quantitative estimate of drug-likeness (QED) is 0.925. The van der Waals surface area contributed by atoms with E-state index in [1.165, 1.54) is 0 Å². The van der Waals surface area contributed by atoms with Crippen LogP contribution in [0.2, 0.25) is 0 Å². The summed E-state index contributed by atoms with van der Waals surface area (Å²) in [6, 6.07) is 3.98. The Bertz CT molecular complexity index is 623. The van der Waals surface area contributed by atoms with Gasteiger partial charge in [-0.15, -0.1) is 0 Å². The predicted molar refractivity (Wildman–Crippen MR) is 83.3 cm³/mol. The van der Waals surface area contributed by atoms with Gasteiger partial charge >= 0.3 is 0 Å². The lowest BCUT2D eigenvalue weighted by molar-refractivity contribution is 0.355. The molecule has 20 heavy (non-hydrogen) atoms. The normalized spacial score (nSPS) is 10.9. The highest BCUT2D eigenvalue weighted by atomic mass is 79.9. The van der Waals surface area contributed by atoms with Crippen molar-refractivity contribution < 1.29 is 9.47 Å². The standard InChI is InChI=1S/C14H18BrN3O2/c1-8(2)18-7-17-13(14(18)16)9-5-11(19-3)12(20-4)6-10(9)15/h5-8H,16H2,1-4H3. The maximum absolute atomic E-state index is 6.17. The van der Waals surface area contributed by atoms with Crippen LogP contribution in [0.25, 0.3) is 11.3 Å². The Morgan fingerprint density at radius 3 is 2.30 bits per heavy atom. The maximum Gasteiger partial charge on any atom is 0.161 e. The number of aromatic nitrogens is 2. The molecule has 6 heteroatoms. The second-order valence-electron chi connectivity index (χ2n) is 4.67. The van der Waals surface area contributed by atoms with Crippen molar-refractivity contribution in [3.8, 4) is 22.8 Å². The summed E-state index contributed by atoms with van der Waals surface area (Å²) in [4.78, 5) is 4.41. The first-order valence-electron chi connectivity index (χ1n) is 6.23. The van der Waals surface area contributed by atoms with Crippen molar-refractivity contribution in [3.05, 3.63) is 22.9 Å². The zero-order valence-electron chi connectivity index (χ0n) is 12.0. The summed E-state index contributed by atoms with van der Waals surface area (Å²) >= 11 is 3.53. The van der Waals surface area contributed by atoms with E-state index < -0.39 is 0 Å². The minimum Gasteiger partial charge on any atom is -0.493 e. The van der Waals surface area contributed by atoms with Gasteiger partial charge in [0.25, 0.3) is 0 Å². The van der Waals surface area contributed by atoms with Gasteiger partial charge in [-0.25, -0.2) is 4.98 Å². The molecule has 0 unspecified atom stereocenters. The van der Waals surface area contributed by atoms with E-state index >= 15 is 0 Å². The van der Waals surface area contributed by atoms with Crippen molar-refractivity contribution in [2.45, 2.75) is 19.9 Å². The van der Waals surface area contributed by atoms with E-state index in [0.717, 1.165) is 15.7 Å². The van der Waals surface area contributed by atoms with Crippen LogP contribution in [0.15, 0.2) is 22.9 Å². The first-order chi connectivity index (χ1) is 9.49. The van der Waals surface area contributed by atoms with Gasteiger partial charge in [0.2, 0.25) is 0 Å². The van der Waals surface area contributed by atoms with Crippen molar-refractivity contribution in [1.82, 2.24) is 9.55 Å². The van der Waals surface area contributed by atoms with Gasteiger partial charge in [0.15, 0.2) is 11.5 Å². The summed E-state index contributed by atoms with van der Waals surface area (Å²) in [7, 11) is 3.21. The number of anilines is 1. The molecule has 0 atom stereocenters. The molecule has 0 aliphatic heterocycles. The lowest BCUT2D eigenvalue weighted by Gasteiger charge is -2.12. The number of nitrogens with zero attached hydrogens (tertiary/aromatic N) is 2. The SMILES string of the molecule is COc1cc(Br)c(-c2ncn(C(C)C)c2N)cc1OC. The molecule has 2 rings (SSSR count). The van der Waals surface area contributed by atoms with E-state index in [9.17, 15) is 0 Å². The summed E-state index contributed by atoms with van der Waals surface area (Å²) in [5, 5.41) is 0. The highest BCUT2D eigenvalue weighted by molar-refractivity contribution is 9.10. The molecule has 0 aliphatic carbocycles. The largest absolute Gasteiger partial charge is 0.493 e. The second kappa shape index (κ2) is 5.75. The fraction of sp³-hybridized carbons (Fsp3) is 0.357. The van der Waals surface area contributed by atoms with Gasteiger partial charge in [-0.3, -0.25) is 0 Å². The number of methoxy groups -OCH3 is 2. The van der Waals surface area contributed by atoms with Crippen molar-refractivity contribution in [2.75, 3.05) is 20.0 Å². The molecule has 0 aliphatic rings. The molecular formula is C14H18BrN3O2. The van der Waals surface area contributed by atoms with Gasteiger partial charge in [0.1, 0.15) is 11.5 Å². The monoisotopic (exact) mass is 339 g/mol. The van der Waals surface area contributed by atoms with Gasteiger partial charge in [-0.1, -0.05) is 0 Å². The summed E-state index contributed by atoms with van der Waals surface area (Å²) in [6.07, 6.45) is 1.75. The molecule has 0 bridgehead atoms. The zero-order valence-corrected chi connectivity index (χ0v) is 13.6. The van der Waals surface area contributed by atoms with Crippen LogP contribution in [-0.4, -0.2) is 23.8 Å². The Balaban J connectivity index is 2.58. The van der Waals surface area contributed by atoms with Gasteiger partial charge in [-0.05, 0) is 41.9 Å². The Morgan fingerprint density at radius 1 is 1.20 bits per heavy atom. The van der Waals surface area contributed by atoms with Crippen molar-refractivity contribution >= 4 is 21.7 Å². The average molecular weight is 340 g/mol. The number of ether oxygens (including phenoxy) is 2. The Morgan fingerprint density at radius 2 is 1.80 bits per heavy atom. The molecule has 1 aromatic carbocycles. The Kier molecular flexibility index (Phi) is 4.23. The fourth-order valence-electron chi connectivity index (χ4n) is 2.03. The van der Waals surface area contributed by atoms with E-state index in [4.69, 9.17) is 15.2 Å². The smallest absolute Gasteiger partial charge is 0.161 e. The number of nitrogens with two attached hydrogens (primary N) is 1. The molecule has 2 aromatic rings. The first kappa shape index (κ1) is 14.7. The van der Waals surface area contributed by atoms with Gasteiger partial charge in [0.05, 0.1) is 20.5 Å². The highest BCUT2D eigenvalue weighted by Gasteiger charge is 2.17. The molecular weight excluding hydrogens is 322 g/mol. The lowest BCUT2D eigenvalue weighted by Crippen LogP contribution is -2.04. The average Bonchev–Trinajstić information content (AvgIpc) is 2.80. The number of hydrogen-bond acceptors (Lipinski definition) is 4. The third-order valence-corrected chi connectivity index (χ3v) is 3.77. The summed E-state index contributed by atoms with van der Waals surface area (Å²) in [5.41, 5.74) is 7.78. The minimum absolute atomic E-state index is 0.259. The fourth-order valence-corrected chi connectivity index (χ4v) is 2.54. The van der Waals surface area contributed by atoms with E-state index in [2.05, 4.69) is 34.8 Å². The number of halogens is 1. The van der Waals surface area contributed by atoms with Crippen LogP contribution in [0.4, 0.5) is 5.82 Å². The van der Waals surface area contributed by atoms with Crippen LogP contribution in [0, 0.1) is 0 Å². The van der Waals surface area contributed by atoms with E-state index in [-0.39, 0.29) is 6.04 Å². The second-order valence-corrected chi connectivity index (χ2v) is 5.52. The molecule has 1 heterocycles. The third-order valence-electron chi connectivity index (χ3n) is 3.12. The molecule has 0 amide bonds. The van der Waals surface area contributed by atoms with Crippen molar-refractivity contribution in [3.63, 3.8) is 0 Å². The molecule has 5 nitrogen and oxygen atoms in total. The molecule has 108 valence electrons. The van der Waals surface area contributed by atoms with Crippen LogP contribution < -0.4 is 15.2 Å². The summed E-state index contributed by atoms with van der Waals surface area (Å²) in [6.45, 7) is 4.12. The predicted octanol–water partition coefficient (Wildman–Crippen LogP) is 3.49. The Hall–Kier alpha value is -1.69. The van der Waals surface area contributed by atoms with Crippen molar-refractivity contribution in [2.24, 2.45) is 0 Å². The van der Waals surface area contributed by atoms with Crippen LogP contribution in [0.1, 0.15) is 19.9 Å². The highest BCUT2D eigenvalue weighted by Crippen LogP contribution is 2.40. The topological polar surface area (TPSA) is 62.3 Å². The van der Waals surface area contributed by atoms with E-state index in [0.29, 0.717) is 17.3 Å². The molecule has 2 N–H and O–H groups in total. The molecule has 0 fully saturated rings. The van der Waals surface area contributed by atoms with Crippen LogP contribution in [0.5, 0.6) is 11.5 Å².